The molecule has 0 aromatic heterocycles. The Kier molecular flexibility index (Phi) is 8.93. The number of carbonyl (C=O) groups is 1. The molecule has 210 valence electrons. The summed E-state index contributed by atoms with van der Waals surface area (Å²) in [6.07, 6.45) is -0.105. The molecule has 0 spiro atoms. The molecule has 5 atom stereocenters. The zero-order valence-electron chi connectivity index (χ0n) is 22.7. The maximum absolute atomic E-state index is 13.3. The maximum Gasteiger partial charge on any atom is 0.347 e. The fourth-order valence-corrected chi connectivity index (χ4v) is 8.34. The van der Waals surface area contributed by atoms with E-state index in [1.165, 1.54) is 6.34 Å². The van der Waals surface area contributed by atoms with Crippen molar-refractivity contribution in [3.8, 4) is 6.07 Å². The first-order valence-electron chi connectivity index (χ1n) is 13.1. The van der Waals surface area contributed by atoms with Gasteiger partial charge in [0.1, 0.15) is 43.3 Å². The highest BCUT2D eigenvalue weighted by Crippen LogP contribution is 2.63. The summed E-state index contributed by atoms with van der Waals surface area (Å²) < 4.78 is 14.5. The van der Waals surface area contributed by atoms with Crippen molar-refractivity contribution in [1.29, 1.82) is 5.26 Å². The Bertz CT molecular complexity index is 1180. The van der Waals surface area contributed by atoms with Crippen molar-refractivity contribution in [2.75, 3.05) is 19.4 Å². The van der Waals surface area contributed by atoms with E-state index in [2.05, 4.69) is 21.0 Å². The number of ketones is 1. The molecule has 0 amide bonds. The molecule has 0 radical (unpaired) electrons. The summed E-state index contributed by atoms with van der Waals surface area (Å²) in [6, 6.07) is 10.7. The van der Waals surface area contributed by atoms with Gasteiger partial charge in [-0.05, 0) is 27.7 Å². The molecule has 3 aliphatic heterocycles. The molecule has 12 nitrogen and oxygen atoms in total. The number of rotatable bonds is 11. The van der Waals surface area contributed by atoms with E-state index in [0.29, 0.717) is 17.8 Å². The zero-order valence-corrected chi connectivity index (χ0v) is 23.6. The Morgan fingerprint density at radius 1 is 1.33 bits per heavy atom. The van der Waals surface area contributed by atoms with Gasteiger partial charge in [-0.3, -0.25) is 15.5 Å². The molecular weight excluding hydrogens is 521 g/mol. The number of benzene rings is 1. The number of hydrogen-bond acceptors (Lipinski definition) is 12. The van der Waals surface area contributed by atoms with Crippen molar-refractivity contribution in [3.05, 3.63) is 35.9 Å². The van der Waals surface area contributed by atoms with Gasteiger partial charge < -0.3 is 14.7 Å². The summed E-state index contributed by atoms with van der Waals surface area (Å²) in [7, 11) is -3.21. The first-order valence-corrected chi connectivity index (χ1v) is 14.9. The van der Waals surface area contributed by atoms with Crippen molar-refractivity contribution in [2.24, 2.45) is 20.7 Å². The van der Waals surface area contributed by atoms with Crippen LogP contribution < -0.4 is 5.73 Å². The molecule has 1 aromatic carbocycles. The SMILES string of the molecule is CC(C)N(C(C)C)[P+](O)(CCC#N)O[C@H]1C[C@H](N2CN=C3C2=NC=NC3(N)C(=O)c2ccccc2)O[C@@H]1CO. The van der Waals surface area contributed by atoms with Crippen LogP contribution >= 0.6 is 7.87 Å². The van der Waals surface area contributed by atoms with Crippen LogP contribution in [0.25, 0.3) is 0 Å². The van der Waals surface area contributed by atoms with E-state index in [9.17, 15) is 20.1 Å². The van der Waals surface area contributed by atoms with Crippen LogP contribution in [0.5, 0.6) is 0 Å². The maximum atomic E-state index is 13.3. The van der Waals surface area contributed by atoms with E-state index in [1.807, 2.05) is 38.4 Å². The van der Waals surface area contributed by atoms with Crippen LogP contribution in [0, 0.1) is 11.3 Å². The summed E-state index contributed by atoms with van der Waals surface area (Å²) in [4.78, 5) is 40.0. The standard InChI is InChI=1S/C26H37N7O5P/c1-17(2)33(18(3)4)39(36,12-8-11-27)38-20-13-22(37-21(20)14-34)32-16-30-23-25(32)29-15-31-26(23,28)24(35)19-9-6-5-7-10-19/h5-7,9-10,15,17-18,20-22,34,36H,8,12-14,16,28H2,1-4H3/q+1/t20-,21+,22+,26?,39?/m0/s1. The van der Waals surface area contributed by atoms with Crippen LogP contribution in [0.15, 0.2) is 45.3 Å². The fraction of sp³-hybridized carbons (Fsp3) is 0.577. The van der Waals surface area contributed by atoms with Crippen LogP contribution in [0.1, 0.15) is 50.9 Å². The van der Waals surface area contributed by atoms with Crippen molar-refractivity contribution in [2.45, 2.75) is 76.7 Å². The van der Waals surface area contributed by atoms with Crippen molar-refractivity contribution in [1.82, 2.24) is 9.57 Å². The minimum Gasteiger partial charge on any atom is -0.394 e. The number of aliphatic hydroxyl groups excluding tert-OH is 1. The minimum atomic E-state index is -3.21. The lowest BCUT2D eigenvalue weighted by atomic mass is 9.93. The van der Waals surface area contributed by atoms with Gasteiger partial charge in [-0.1, -0.05) is 30.3 Å². The van der Waals surface area contributed by atoms with E-state index >= 15 is 0 Å². The summed E-state index contributed by atoms with van der Waals surface area (Å²) in [5.41, 5.74) is 5.46. The predicted octanol–water partition coefficient (Wildman–Crippen LogP) is 1.96. The molecule has 39 heavy (non-hydrogen) atoms. The predicted molar refractivity (Wildman–Crippen MR) is 149 cm³/mol. The second-order valence-corrected chi connectivity index (χ2v) is 12.8. The topological polar surface area (TPSA) is 169 Å². The van der Waals surface area contributed by atoms with Gasteiger partial charge in [-0.2, -0.15) is 9.79 Å². The Hall–Kier alpha value is -2.62. The number of hydrogen-bond donors (Lipinski definition) is 3. The average Bonchev–Trinajstić information content (AvgIpc) is 3.51. The molecule has 0 saturated carbocycles. The largest absolute Gasteiger partial charge is 0.394 e. The molecule has 4 rings (SSSR count). The monoisotopic (exact) mass is 558 g/mol. The van der Waals surface area contributed by atoms with Gasteiger partial charge >= 0.3 is 7.87 Å². The second-order valence-electron chi connectivity index (χ2n) is 10.3. The highest BCUT2D eigenvalue weighted by atomic mass is 31.2. The first-order chi connectivity index (χ1) is 18.6. The number of fused-ring (bicyclic) bond motifs is 1. The third-order valence-electron chi connectivity index (χ3n) is 7.00. The molecule has 0 bridgehead atoms. The van der Waals surface area contributed by atoms with Gasteiger partial charge in [0.25, 0.3) is 0 Å². The van der Waals surface area contributed by atoms with Crippen LogP contribution in [-0.2, 0) is 9.26 Å². The second kappa shape index (κ2) is 11.9. The van der Waals surface area contributed by atoms with Crippen LogP contribution in [0.2, 0.25) is 0 Å². The summed E-state index contributed by atoms with van der Waals surface area (Å²) in [6.45, 7) is 7.69. The van der Waals surface area contributed by atoms with Gasteiger partial charge in [-0.25, -0.2) is 14.9 Å². The Morgan fingerprint density at radius 2 is 2.03 bits per heavy atom. The van der Waals surface area contributed by atoms with Gasteiger partial charge in [0, 0.05) is 24.1 Å². The van der Waals surface area contributed by atoms with Gasteiger partial charge in [0.05, 0.1) is 19.1 Å². The number of nitrogens with zero attached hydrogens (tertiary/aromatic N) is 6. The molecule has 1 saturated heterocycles. The lowest BCUT2D eigenvalue weighted by Gasteiger charge is -2.36. The molecule has 3 aliphatic rings. The fourth-order valence-electron chi connectivity index (χ4n) is 5.41. The number of aliphatic hydroxyl groups is 1. The normalized spacial score (nSPS) is 27.9. The number of carbonyl (C=O) groups excluding carboxylic acids is 1. The number of nitrogens with two attached hydrogens (primary N) is 1. The van der Waals surface area contributed by atoms with E-state index in [0.717, 1.165) is 0 Å². The summed E-state index contributed by atoms with van der Waals surface area (Å²) in [5, 5.41) is 19.4. The minimum absolute atomic E-state index is 0.0297. The molecule has 13 heteroatoms. The summed E-state index contributed by atoms with van der Waals surface area (Å²) >= 11 is 0. The van der Waals surface area contributed by atoms with Gasteiger partial charge in [0.2, 0.25) is 11.4 Å². The first kappa shape index (κ1) is 29.4. The highest BCUT2D eigenvalue weighted by Gasteiger charge is 2.55. The van der Waals surface area contributed by atoms with E-state index in [1.54, 1.807) is 29.2 Å². The molecule has 4 N–H and O–H groups in total. The van der Waals surface area contributed by atoms with E-state index in [-0.39, 0.29) is 43.7 Å². The van der Waals surface area contributed by atoms with Crippen molar-refractivity contribution in [3.63, 3.8) is 0 Å². The molecule has 0 aliphatic carbocycles. The quantitative estimate of drug-likeness (QED) is 0.271. The highest BCUT2D eigenvalue weighted by molar-refractivity contribution is 7.63. The lowest BCUT2D eigenvalue weighted by Crippen LogP contribution is -2.59. The van der Waals surface area contributed by atoms with Crippen LogP contribution in [0.4, 0.5) is 0 Å². The van der Waals surface area contributed by atoms with Crippen LogP contribution in [0.3, 0.4) is 0 Å². The smallest absolute Gasteiger partial charge is 0.347 e. The van der Waals surface area contributed by atoms with E-state index < -0.39 is 37.7 Å². The number of Topliss-reactive ketones (excluding diaryl/α,β-unsaturated/α-hetero) is 1. The number of nitriles is 1. The Labute approximate surface area is 229 Å². The average molecular weight is 559 g/mol. The van der Waals surface area contributed by atoms with Gasteiger partial charge in [-0.15, -0.1) is 4.67 Å². The number of aliphatic imine (C=N–C) groups is 3. The summed E-state index contributed by atoms with van der Waals surface area (Å²) in [5.74, 6) is -0.0244. The molecule has 1 aromatic rings. The van der Waals surface area contributed by atoms with Crippen molar-refractivity contribution < 1.29 is 24.1 Å². The molecule has 1 fully saturated rings. The molecule has 3 heterocycles. The molecule has 2 unspecified atom stereocenters. The number of amidine groups is 1. The van der Waals surface area contributed by atoms with Gasteiger partial charge in [0.15, 0.2) is 5.84 Å². The Morgan fingerprint density at radius 3 is 2.64 bits per heavy atom. The Balaban J connectivity index is 1.54. The van der Waals surface area contributed by atoms with Crippen molar-refractivity contribution >= 4 is 31.5 Å². The third kappa shape index (κ3) is 5.67. The lowest BCUT2D eigenvalue weighted by molar-refractivity contribution is -0.0546. The van der Waals surface area contributed by atoms with E-state index in [4.69, 9.17) is 15.0 Å². The molecular formula is C26H37N7O5P+. The van der Waals surface area contributed by atoms with Crippen LogP contribution in [-0.4, -0.2) is 98.9 Å². The zero-order chi connectivity index (χ0) is 28.4. The third-order valence-corrected chi connectivity index (χ3v) is 10.1. The number of ether oxygens (including phenoxy) is 1.